The number of aryl methyl sites for hydroxylation is 1. The number of carbonyl (C=O) groups excluding carboxylic acids is 1. The molecule has 30 heavy (non-hydrogen) atoms. The van der Waals surface area contributed by atoms with Gasteiger partial charge in [-0.3, -0.25) is 4.79 Å². The number of oxazole rings is 1. The van der Waals surface area contributed by atoms with Crippen LogP contribution in [-0.2, 0) is 16.0 Å². The highest BCUT2D eigenvalue weighted by molar-refractivity contribution is 5.76. The fourth-order valence-corrected chi connectivity index (χ4v) is 3.65. The SMILES string of the molecule is C[C@@H]1CN(C(=O)CCc2ncc(-c3c(F)cccc3F)o2)C[C@H](c2ccccc2)O1. The van der Waals surface area contributed by atoms with E-state index in [4.69, 9.17) is 9.15 Å². The Morgan fingerprint density at radius 3 is 2.57 bits per heavy atom. The molecule has 1 aliphatic rings. The Morgan fingerprint density at radius 1 is 1.10 bits per heavy atom. The Morgan fingerprint density at radius 2 is 1.83 bits per heavy atom. The molecule has 0 bridgehead atoms. The second kappa shape index (κ2) is 8.75. The van der Waals surface area contributed by atoms with Crippen molar-refractivity contribution in [2.75, 3.05) is 13.1 Å². The van der Waals surface area contributed by atoms with Gasteiger partial charge in [0.1, 0.15) is 17.7 Å². The standard InChI is InChI=1S/C23H22F2N2O3/c1-15-13-27(14-20(29-15)16-6-3-2-4-7-16)22(28)11-10-21-26-12-19(30-21)23-17(24)8-5-9-18(23)25/h2-9,12,15,20H,10-11,13-14H2,1H3/t15-,20-/m1/s1. The fraction of sp³-hybridized carbons (Fsp3) is 0.304. The summed E-state index contributed by atoms with van der Waals surface area (Å²) in [5.41, 5.74) is 0.779. The number of carbonyl (C=O) groups is 1. The van der Waals surface area contributed by atoms with E-state index >= 15 is 0 Å². The number of amides is 1. The van der Waals surface area contributed by atoms with Gasteiger partial charge in [0.05, 0.1) is 24.4 Å². The van der Waals surface area contributed by atoms with Crippen molar-refractivity contribution in [1.29, 1.82) is 0 Å². The molecule has 0 spiro atoms. The smallest absolute Gasteiger partial charge is 0.223 e. The van der Waals surface area contributed by atoms with E-state index in [1.165, 1.54) is 12.3 Å². The molecule has 2 heterocycles. The van der Waals surface area contributed by atoms with E-state index in [1.54, 1.807) is 4.90 Å². The van der Waals surface area contributed by atoms with Crippen LogP contribution in [0.3, 0.4) is 0 Å². The zero-order chi connectivity index (χ0) is 21.1. The number of hydrogen-bond acceptors (Lipinski definition) is 4. The van der Waals surface area contributed by atoms with Crippen LogP contribution in [0.4, 0.5) is 8.78 Å². The minimum atomic E-state index is -0.719. The third-order valence-electron chi connectivity index (χ3n) is 5.10. The summed E-state index contributed by atoms with van der Waals surface area (Å²) in [6.45, 7) is 2.93. The number of hydrogen-bond donors (Lipinski definition) is 0. The Hall–Kier alpha value is -3.06. The maximum Gasteiger partial charge on any atom is 0.223 e. The highest BCUT2D eigenvalue weighted by Crippen LogP contribution is 2.28. The number of rotatable bonds is 5. The zero-order valence-electron chi connectivity index (χ0n) is 16.6. The van der Waals surface area contributed by atoms with Crippen molar-refractivity contribution in [3.63, 3.8) is 0 Å². The largest absolute Gasteiger partial charge is 0.441 e. The molecular weight excluding hydrogens is 390 g/mol. The highest BCUT2D eigenvalue weighted by Gasteiger charge is 2.29. The molecule has 1 saturated heterocycles. The summed E-state index contributed by atoms with van der Waals surface area (Å²) >= 11 is 0. The summed E-state index contributed by atoms with van der Waals surface area (Å²) in [5, 5.41) is 0. The van der Waals surface area contributed by atoms with Crippen LogP contribution in [0.2, 0.25) is 0 Å². The van der Waals surface area contributed by atoms with E-state index in [2.05, 4.69) is 4.98 Å². The van der Waals surface area contributed by atoms with Crippen molar-refractivity contribution >= 4 is 5.91 Å². The molecule has 5 nitrogen and oxygen atoms in total. The lowest BCUT2D eigenvalue weighted by molar-refractivity contribution is -0.144. The third kappa shape index (κ3) is 4.41. The first-order valence-electron chi connectivity index (χ1n) is 9.88. The second-order valence-corrected chi connectivity index (χ2v) is 7.36. The van der Waals surface area contributed by atoms with Gasteiger partial charge in [-0.2, -0.15) is 0 Å². The molecule has 2 atom stereocenters. The first-order valence-corrected chi connectivity index (χ1v) is 9.88. The molecule has 0 unspecified atom stereocenters. The number of nitrogens with zero attached hydrogens (tertiary/aromatic N) is 2. The first-order chi connectivity index (χ1) is 14.5. The lowest BCUT2D eigenvalue weighted by Gasteiger charge is -2.37. The molecule has 1 aliphatic heterocycles. The molecule has 0 saturated carbocycles. The van der Waals surface area contributed by atoms with Crippen LogP contribution in [0.15, 0.2) is 59.1 Å². The average Bonchev–Trinajstić information content (AvgIpc) is 3.20. The molecule has 0 aliphatic carbocycles. The van der Waals surface area contributed by atoms with Crippen LogP contribution >= 0.6 is 0 Å². The van der Waals surface area contributed by atoms with E-state index in [0.717, 1.165) is 17.7 Å². The van der Waals surface area contributed by atoms with E-state index in [0.29, 0.717) is 13.1 Å². The van der Waals surface area contributed by atoms with Gasteiger partial charge in [0.2, 0.25) is 5.91 Å². The maximum absolute atomic E-state index is 13.9. The van der Waals surface area contributed by atoms with Gasteiger partial charge in [-0.05, 0) is 24.6 Å². The van der Waals surface area contributed by atoms with Crippen molar-refractivity contribution in [1.82, 2.24) is 9.88 Å². The fourth-order valence-electron chi connectivity index (χ4n) is 3.65. The topological polar surface area (TPSA) is 55.6 Å². The van der Waals surface area contributed by atoms with Crippen molar-refractivity contribution in [2.45, 2.75) is 32.0 Å². The van der Waals surface area contributed by atoms with E-state index < -0.39 is 11.6 Å². The molecule has 1 amide bonds. The molecule has 0 radical (unpaired) electrons. The molecule has 0 N–H and O–H groups in total. The number of morpholine rings is 1. The van der Waals surface area contributed by atoms with Crippen molar-refractivity contribution in [3.8, 4) is 11.3 Å². The van der Waals surface area contributed by atoms with Gasteiger partial charge in [0.25, 0.3) is 0 Å². The van der Waals surface area contributed by atoms with Crippen molar-refractivity contribution < 1.29 is 22.7 Å². The van der Waals surface area contributed by atoms with Crippen LogP contribution in [0.25, 0.3) is 11.3 Å². The van der Waals surface area contributed by atoms with Crippen LogP contribution in [0.5, 0.6) is 0 Å². The minimum absolute atomic E-state index is 0.0113. The summed E-state index contributed by atoms with van der Waals surface area (Å²) in [7, 11) is 0. The van der Waals surface area contributed by atoms with E-state index in [1.807, 2.05) is 37.3 Å². The van der Waals surface area contributed by atoms with Gasteiger partial charge in [-0.15, -0.1) is 0 Å². The molecule has 2 aromatic carbocycles. The number of benzene rings is 2. The normalized spacial score (nSPS) is 19.1. The Kier molecular flexibility index (Phi) is 5.90. The quantitative estimate of drug-likeness (QED) is 0.617. The maximum atomic E-state index is 13.9. The Labute approximate surface area is 173 Å². The van der Waals surface area contributed by atoms with Crippen LogP contribution < -0.4 is 0 Å². The highest BCUT2D eigenvalue weighted by atomic mass is 19.1. The lowest BCUT2D eigenvalue weighted by Crippen LogP contribution is -2.46. The Balaban J connectivity index is 1.39. The molecule has 1 fully saturated rings. The predicted octanol–water partition coefficient (Wildman–Crippen LogP) is 4.54. The van der Waals surface area contributed by atoms with Gasteiger partial charge < -0.3 is 14.1 Å². The van der Waals surface area contributed by atoms with Crippen LogP contribution in [-0.4, -0.2) is 35.0 Å². The van der Waals surface area contributed by atoms with Gasteiger partial charge in [-0.1, -0.05) is 36.4 Å². The van der Waals surface area contributed by atoms with E-state index in [9.17, 15) is 13.6 Å². The summed E-state index contributed by atoms with van der Waals surface area (Å²) < 4.78 is 39.3. The van der Waals surface area contributed by atoms with Crippen LogP contribution in [0.1, 0.15) is 30.9 Å². The number of aromatic nitrogens is 1. The van der Waals surface area contributed by atoms with Crippen molar-refractivity contribution in [3.05, 3.63) is 77.8 Å². The lowest BCUT2D eigenvalue weighted by atomic mass is 10.1. The third-order valence-corrected chi connectivity index (χ3v) is 5.10. The molecule has 3 aromatic rings. The predicted molar refractivity (Wildman–Crippen MR) is 106 cm³/mol. The molecule has 7 heteroatoms. The van der Waals surface area contributed by atoms with Crippen molar-refractivity contribution in [2.24, 2.45) is 0 Å². The zero-order valence-corrected chi connectivity index (χ0v) is 16.6. The molecule has 4 rings (SSSR count). The van der Waals surface area contributed by atoms with Crippen LogP contribution in [0, 0.1) is 11.6 Å². The Bertz CT molecular complexity index is 1000. The summed E-state index contributed by atoms with van der Waals surface area (Å²) in [6.07, 6.45) is 1.47. The first kappa shape index (κ1) is 20.2. The monoisotopic (exact) mass is 412 g/mol. The van der Waals surface area contributed by atoms with Gasteiger partial charge in [-0.25, -0.2) is 13.8 Å². The molecule has 1 aromatic heterocycles. The molecular formula is C23H22F2N2O3. The van der Waals surface area contributed by atoms with E-state index in [-0.39, 0.29) is 48.2 Å². The number of halogens is 2. The summed E-state index contributed by atoms with van der Waals surface area (Å²) in [5.74, 6) is -1.20. The number of ether oxygens (including phenoxy) is 1. The minimum Gasteiger partial charge on any atom is -0.441 e. The second-order valence-electron chi connectivity index (χ2n) is 7.36. The molecule has 156 valence electrons. The average molecular weight is 412 g/mol. The summed E-state index contributed by atoms with van der Waals surface area (Å²) in [6, 6.07) is 13.4. The van der Waals surface area contributed by atoms with Gasteiger partial charge in [0.15, 0.2) is 11.7 Å². The van der Waals surface area contributed by atoms with Gasteiger partial charge >= 0.3 is 0 Å². The van der Waals surface area contributed by atoms with Gasteiger partial charge in [0, 0.05) is 19.4 Å². The summed E-state index contributed by atoms with van der Waals surface area (Å²) in [4.78, 5) is 18.6.